The van der Waals surface area contributed by atoms with E-state index in [0.29, 0.717) is 11.3 Å². The van der Waals surface area contributed by atoms with Crippen LogP contribution < -0.4 is 0 Å². The number of alkyl halides is 4. The topological polar surface area (TPSA) is 3.24 Å². The molecule has 1 aliphatic carbocycles. The van der Waals surface area contributed by atoms with Crippen LogP contribution in [0.3, 0.4) is 0 Å². The van der Waals surface area contributed by atoms with Crippen molar-refractivity contribution in [1.82, 2.24) is 4.90 Å². The highest BCUT2D eigenvalue weighted by atomic mass is 35.5. The normalized spacial score (nSPS) is 28.7. The summed E-state index contributed by atoms with van der Waals surface area (Å²) in [5.41, 5.74) is 0.766. The molecule has 0 N–H and O–H groups in total. The number of hydrogen-bond acceptors (Lipinski definition) is 1. The Labute approximate surface area is 128 Å². The smallest absolute Gasteiger partial charge is 0.302 e. The minimum atomic E-state index is -4.25. The van der Waals surface area contributed by atoms with Gasteiger partial charge in [0.1, 0.15) is 0 Å². The fourth-order valence-electron chi connectivity index (χ4n) is 3.65. The lowest BCUT2D eigenvalue weighted by Crippen LogP contribution is -2.27. The molecule has 0 aromatic heterocycles. The van der Waals surface area contributed by atoms with Gasteiger partial charge in [-0.2, -0.15) is 13.2 Å². The molecule has 0 radical (unpaired) electrons. The molecule has 21 heavy (non-hydrogen) atoms. The Balaban J connectivity index is 1.60. The van der Waals surface area contributed by atoms with Crippen LogP contribution in [0.1, 0.15) is 24.0 Å². The molecular formula is C16H19ClF3N. The summed E-state index contributed by atoms with van der Waals surface area (Å²) < 4.78 is 37.7. The van der Waals surface area contributed by atoms with Gasteiger partial charge in [0, 0.05) is 19.0 Å². The van der Waals surface area contributed by atoms with Crippen molar-refractivity contribution in [2.45, 2.75) is 25.4 Å². The van der Waals surface area contributed by atoms with E-state index >= 15 is 0 Å². The highest BCUT2D eigenvalue weighted by Crippen LogP contribution is 2.59. The van der Waals surface area contributed by atoms with Crippen LogP contribution in [0.2, 0.25) is 0 Å². The van der Waals surface area contributed by atoms with Gasteiger partial charge in [0.2, 0.25) is 0 Å². The van der Waals surface area contributed by atoms with Crippen molar-refractivity contribution in [2.24, 2.45) is 11.3 Å². The van der Waals surface area contributed by atoms with E-state index in [9.17, 15) is 13.2 Å². The van der Waals surface area contributed by atoms with Crippen LogP contribution in [0, 0.1) is 11.3 Å². The molecule has 5 heteroatoms. The standard InChI is InChI=1S/C16H19ClF3N/c17-6-1-7-21-10-14-9-15(14,11-21)8-12-2-4-13(5-3-12)16(18,19)20/h2-5,14H,1,6-11H2/t14?,15-/m1/s1. The number of likely N-dealkylation sites (tertiary alicyclic amines) is 1. The van der Waals surface area contributed by atoms with Crippen LogP contribution in [0.25, 0.3) is 0 Å². The second kappa shape index (κ2) is 5.47. The molecule has 1 saturated carbocycles. The summed E-state index contributed by atoms with van der Waals surface area (Å²) in [6.45, 7) is 3.22. The number of halogens is 4. The summed E-state index contributed by atoms with van der Waals surface area (Å²) in [6, 6.07) is 5.66. The average molecular weight is 318 g/mol. The van der Waals surface area contributed by atoms with Crippen LogP contribution in [0.4, 0.5) is 13.2 Å². The zero-order valence-electron chi connectivity index (χ0n) is 11.8. The second-order valence-corrected chi connectivity index (χ2v) is 6.79. The van der Waals surface area contributed by atoms with E-state index in [-0.39, 0.29) is 0 Å². The van der Waals surface area contributed by atoms with Crippen LogP contribution in [0.5, 0.6) is 0 Å². The van der Waals surface area contributed by atoms with Crippen LogP contribution in [-0.4, -0.2) is 30.4 Å². The van der Waals surface area contributed by atoms with E-state index in [4.69, 9.17) is 11.6 Å². The first-order valence-corrected chi connectivity index (χ1v) is 7.91. The summed E-state index contributed by atoms with van der Waals surface area (Å²) in [5, 5.41) is 0. The second-order valence-electron chi connectivity index (χ2n) is 6.41. The van der Waals surface area contributed by atoms with E-state index in [2.05, 4.69) is 4.90 Å². The fraction of sp³-hybridized carbons (Fsp3) is 0.625. The maximum absolute atomic E-state index is 12.6. The predicted molar refractivity (Wildman–Crippen MR) is 77.5 cm³/mol. The zero-order chi connectivity index (χ0) is 15.1. The van der Waals surface area contributed by atoms with Gasteiger partial charge in [-0.25, -0.2) is 0 Å². The minimum absolute atomic E-state index is 0.312. The van der Waals surface area contributed by atoms with Gasteiger partial charge in [-0.3, -0.25) is 0 Å². The molecule has 1 aliphatic heterocycles. The lowest BCUT2D eigenvalue weighted by atomic mass is 9.95. The quantitative estimate of drug-likeness (QED) is 0.736. The van der Waals surface area contributed by atoms with Crippen molar-refractivity contribution in [3.8, 4) is 0 Å². The Kier molecular flexibility index (Phi) is 3.95. The van der Waals surface area contributed by atoms with Gasteiger partial charge in [0.05, 0.1) is 5.56 Å². The van der Waals surface area contributed by atoms with E-state index in [1.807, 2.05) is 0 Å². The van der Waals surface area contributed by atoms with Gasteiger partial charge in [0.15, 0.2) is 0 Å². The molecule has 0 amide bonds. The van der Waals surface area contributed by atoms with Gasteiger partial charge in [0.25, 0.3) is 0 Å². The predicted octanol–water partition coefficient (Wildman–Crippen LogP) is 4.20. The van der Waals surface area contributed by atoms with E-state index in [0.717, 1.165) is 44.0 Å². The molecule has 1 nitrogen and oxygen atoms in total. The van der Waals surface area contributed by atoms with E-state index < -0.39 is 11.7 Å². The van der Waals surface area contributed by atoms with Crippen molar-refractivity contribution in [3.05, 3.63) is 35.4 Å². The third-order valence-electron chi connectivity index (χ3n) is 4.82. The largest absolute Gasteiger partial charge is 0.416 e. The molecule has 1 aromatic carbocycles. The molecule has 1 saturated heterocycles. The summed E-state index contributed by atoms with van der Waals surface area (Å²) >= 11 is 5.73. The van der Waals surface area contributed by atoms with E-state index in [1.54, 1.807) is 12.1 Å². The monoisotopic (exact) mass is 317 g/mol. The van der Waals surface area contributed by atoms with Crippen LogP contribution in [0.15, 0.2) is 24.3 Å². The molecule has 1 aromatic rings. The maximum atomic E-state index is 12.6. The van der Waals surface area contributed by atoms with Gasteiger partial charge < -0.3 is 4.90 Å². The first-order chi connectivity index (χ1) is 9.93. The Bertz CT molecular complexity index is 499. The van der Waals surface area contributed by atoms with Gasteiger partial charge in [-0.15, -0.1) is 11.6 Å². The molecule has 116 valence electrons. The number of fused-ring (bicyclic) bond motifs is 1. The Morgan fingerprint density at radius 3 is 2.57 bits per heavy atom. The maximum Gasteiger partial charge on any atom is 0.416 e. The van der Waals surface area contributed by atoms with Crippen molar-refractivity contribution in [1.29, 1.82) is 0 Å². The number of rotatable bonds is 5. The Morgan fingerprint density at radius 2 is 1.95 bits per heavy atom. The Morgan fingerprint density at radius 1 is 1.24 bits per heavy atom. The molecule has 3 rings (SSSR count). The summed E-state index contributed by atoms with van der Waals surface area (Å²) in [7, 11) is 0. The van der Waals surface area contributed by atoms with Crippen LogP contribution in [-0.2, 0) is 12.6 Å². The van der Waals surface area contributed by atoms with Crippen LogP contribution >= 0.6 is 11.6 Å². The molecule has 0 bridgehead atoms. The number of hydrogen-bond donors (Lipinski definition) is 0. The van der Waals surface area contributed by atoms with Crippen molar-refractivity contribution < 1.29 is 13.2 Å². The first-order valence-electron chi connectivity index (χ1n) is 7.37. The highest BCUT2D eigenvalue weighted by molar-refractivity contribution is 6.17. The van der Waals surface area contributed by atoms with Gasteiger partial charge in [-0.1, -0.05) is 12.1 Å². The van der Waals surface area contributed by atoms with E-state index in [1.165, 1.54) is 18.6 Å². The molecule has 2 fully saturated rings. The molecular weight excluding hydrogens is 299 g/mol. The SMILES string of the molecule is FC(F)(F)c1ccc(C[C@]23CC2CN(CCCCl)C3)cc1. The first kappa shape index (κ1) is 15.2. The van der Waals surface area contributed by atoms with Gasteiger partial charge >= 0.3 is 6.18 Å². The average Bonchev–Trinajstić information content (AvgIpc) is 2.97. The minimum Gasteiger partial charge on any atom is -0.302 e. The summed E-state index contributed by atoms with van der Waals surface area (Å²) in [6.07, 6.45) is -1.13. The molecule has 1 heterocycles. The lowest BCUT2D eigenvalue weighted by molar-refractivity contribution is -0.137. The number of benzene rings is 1. The Hall–Kier alpha value is -0.740. The molecule has 2 atom stereocenters. The third-order valence-corrected chi connectivity index (χ3v) is 5.09. The number of nitrogens with zero attached hydrogens (tertiary/aromatic N) is 1. The van der Waals surface area contributed by atoms with Gasteiger partial charge in [-0.05, 0) is 54.8 Å². The van der Waals surface area contributed by atoms with Crippen molar-refractivity contribution in [3.63, 3.8) is 0 Å². The summed E-state index contributed by atoms with van der Waals surface area (Å²) in [5.74, 6) is 1.41. The molecule has 0 spiro atoms. The fourth-order valence-corrected chi connectivity index (χ4v) is 3.77. The lowest BCUT2D eigenvalue weighted by Gasteiger charge is -2.20. The molecule has 1 unspecified atom stereocenters. The summed E-state index contributed by atoms with van der Waals surface area (Å²) in [4.78, 5) is 2.45. The molecule has 2 aliphatic rings. The number of piperidine rings is 1. The highest BCUT2D eigenvalue weighted by Gasteiger charge is 2.58. The van der Waals surface area contributed by atoms with Crippen molar-refractivity contribution >= 4 is 11.6 Å². The van der Waals surface area contributed by atoms with Crippen molar-refractivity contribution in [2.75, 3.05) is 25.5 Å². The third kappa shape index (κ3) is 3.21. The zero-order valence-corrected chi connectivity index (χ0v) is 12.6.